The van der Waals surface area contributed by atoms with E-state index >= 15 is 0 Å². The fraction of sp³-hybridized carbons (Fsp3) is 0.200. The van der Waals surface area contributed by atoms with E-state index in [0.717, 1.165) is 13.0 Å². The van der Waals surface area contributed by atoms with E-state index in [-0.39, 0.29) is 17.1 Å². The normalized spacial score (nSPS) is 9.53. The number of nitro benzene ring substituents is 1. The number of nitro groups is 1. The molecular formula is C10H9NO6. The molecule has 0 amide bonds. The standard InChI is InChI=1S/C10H9NO6/c1-6(13)17-9-4-7(5-12)3-8(11(14)15)10(9)16-2/h3-5H,1-2H3. The molecule has 0 radical (unpaired) electrons. The molecule has 7 nitrogen and oxygen atoms in total. The zero-order valence-corrected chi connectivity index (χ0v) is 9.13. The summed E-state index contributed by atoms with van der Waals surface area (Å²) in [5, 5.41) is 10.8. The molecule has 0 N–H and O–H groups in total. The Bertz CT molecular complexity index is 482. The predicted molar refractivity (Wildman–Crippen MR) is 56.3 cm³/mol. The Labute approximate surface area is 96.1 Å². The number of hydrogen-bond donors (Lipinski definition) is 0. The minimum Gasteiger partial charge on any atom is -0.488 e. The predicted octanol–water partition coefficient (Wildman–Crippen LogP) is 1.34. The molecule has 0 atom stereocenters. The van der Waals surface area contributed by atoms with Crippen LogP contribution in [0.2, 0.25) is 0 Å². The first-order chi connectivity index (χ1) is 7.99. The van der Waals surface area contributed by atoms with Gasteiger partial charge >= 0.3 is 11.7 Å². The quantitative estimate of drug-likeness (QED) is 0.258. The Morgan fingerprint density at radius 2 is 2.12 bits per heavy atom. The van der Waals surface area contributed by atoms with Crippen LogP contribution in [-0.2, 0) is 4.79 Å². The van der Waals surface area contributed by atoms with Crippen molar-refractivity contribution in [1.82, 2.24) is 0 Å². The maximum absolute atomic E-state index is 10.8. The second-order valence-electron chi connectivity index (χ2n) is 3.04. The van der Waals surface area contributed by atoms with E-state index in [0.29, 0.717) is 6.29 Å². The maximum Gasteiger partial charge on any atom is 0.315 e. The Morgan fingerprint density at radius 1 is 1.47 bits per heavy atom. The van der Waals surface area contributed by atoms with E-state index in [1.54, 1.807) is 0 Å². The van der Waals surface area contributed by atoms with E-state index in [9.17, 15) is 19.7 Å². The van der Waals surface area contributed by atoms with Gasteiger partial charge in [0, 0.05) is 18.6 Å². The first-order valence-corrected chi connectivity index (χ1v) is 4.49. The highest BCUT2D eigenvalue weighted by molar-refractivity contribution is 5.81. The van der Waals surface area contributed by atoms with Crippen LogP contribution < -0.4 is 9.47 Å². The summed E-state index contributed by atoms with van der Waals surface area (Å²) >= 11 is 0. The van der Waals surface area contributed by atoms with Gasteiger partial charge in [0.1, 0.15) is 6.29 Å². The third kappa shape index (κ3) is 2.77. The summed E-state index contributed by atoms with van der Waals surface area (Å²) in [6, 6.07) is 2.24. The van der Waals surface area contributed by atoms with Gasteiger partial charge in [-0.2, -0.15) is 0 Å². The van der Waals surface area contributed by atoms with Crippen LogP contribution in [0.5, 0.6) is 11.5 Å². The lowest BCUT2D eigenvalue weighted by Gasteiger charge is -2.08. The fourth-order valence-electron chi connectivity index (χ4n) is 1.25. The van der Waals surface area contributed by atoms with Crippen molar-refractivity contribution >= 4 is 17.9 Å². The van der Waals surface area contributed by atoms with Crippen LogP contribution in [0.4, 0.5) is 5.69 Å². The van der Waals surface area contributed by atoms with Crippen LogP contribution in [0.1, 0.15) is 17.3 Å². The van der Waals surface area contributed by atoms with Gasteiger partial charge in [0.25, 0.3) is 0 Å². The smallest absolute Gasteiger partial charge is 0.315 e. The summed E-state index contributed by atoms with van der Waals surface area (Å²) in [6.07, 6.45) is 0.416. The monoisotopic (exact) mass is 239 g/mol. The van der Waals surface area contributed by atoms with Gasteiger partial charge in [0.15, 0.2) is 5.75 Å². The number of benzene rings is 1. The highest BCUT2D eigenvalue weighted by atomic mass is 16.6. The van der Waals surface area contributed by atoms with Gasteiger partial charge in [0.2, 0.25) is 5.75 Å². The molecule has 0 heterocycles. The molecule has 0 saturated heterocycles. The van der Waals surface area contributed by atoms with Crippen LogP contribution in [0.25, 0.3) is 0 Å². The third-order valence-corrected chi connectivity index (χ3v) is 1.85. The van der Waals surface area contributed by atoms with Crippen molar-refractivity contribution in [3.63, 3.8) is 0 Å². The Kier molecular flexibility index (Phi) is 3.76. The second kappa shape index (κ2) is 5.06. The van der Waals surface area contributed by atoms with E-state index < -0.39 is 16.6 Å². The molecule has 0 unspecified atom stereocenters. The summed E-state index contributed by atoms with van der Waals surface area (Å²) in [5.74, 6) is -1.02. The molecule has 0 bridgehead atoms. The molecule has 17 heavy (non-hydrogen) atoms. The minimum atomic E-state index is -0.723. The minimum absolute atomic E-state index is 0.0220. The summed E-state index contributed by atoms with van der Waals surface area (Å²) in [5.41, 5.74) is -0.415. The molecule has 0 aromatic heterocycles. The zero-order valence-electron chi connectivity index (χ0n) is 9.13. The molecule has 0 aliphatic rings. The number of rotatable bonds is 4. The number of carbonyl (C=O) groups excluding carboxylic acids is 2. The number of carbonyl (C=O) groups is 2. The number of nitrogens with zero attached hydrogens (tertiary/aromatic N) is 1. The Morgan fingerprint density at radius 3 is 2.53 bits per heavy atom. The average molecular weight is 239 g/mol. The molecule has 1 aromatic carbocycles. The van der Waals surface area contributed by atoms with Gasteiger partial charge in [-0.05, 0) is 6.07 Å². The number of hydrogen-bond acceptors (Lipinski definition) is 6. The lowest BCUT2D eigenvalue weighted by Crippen LogP contribution is -2.05. The van der Waals surface area contributed by atoms with Gasteiger partial charge in [-0.1, -0.05) is 0 Å². The molecule has 1 rings (SSSR count). The van der Waals surface area contributed by atoms with Crippen molar-refractivity contribution in [2.75, 3.05) is 7.11 Å². The lowest BCUT2D eigenvalue weighted by atomic mass is 10.2. The fourth-order valence-corrected chi connectivity index (χ4v) is 1.25. The lowest BCUT2D eigenvalue weighted by molar-refractivity contribution is -0.385. The van der Waals surface area contributed by atoms with Gasteiger partial charge < -0.3 is 9.47 Å². The van der Waals surface area contributed by atoms with Crippen LogP contribution >= 0.6 is 0 Å². The van der Waals surface area contributed by atoms with E-state index in [1.807, 2.05) is 0 Å². The zero-order chi connectivity index (χ0) is 13.0. The molecule has 1 aromatic rings. The number of esters is 1. The van der Waals surface area contributed by atoms with Crippen molar-refractivity contribution < 1.29 is 24.0 Å². The second-order valence-corrected chi connectivity index (χ2v) is 3.04. The molecule has 0 aliphatic carbocycles. The average Bonchev–Trinajstić information content (AvgIpc) is 2.26. The molecule has 0 aliphatic heterocycles. The summed E-state index contributed by atoms with van der Waals surface area (Å²) in [4.78, 5) is 31.5. The van der Waals surface area contributed by atoms with E-state index in [2.05, 4.69) is 0 Å². The van der Waals surface area contributed by atoms with Crippen LogP contribution in [0.3, 0.4) is 0 Å². The summed E-state index contributed by atoms with van der Waals surface area (Å²) in [6.45, 7) is 1.14. The van der Waals surface area contributed by atoms with Crippen molar-refractivity contribution in [1.29, 1.82) is 0 Å². The largest absolute Gasteiger partial charge is 0.488 e. The van der Waals surface area contributed by atoms with Crippen molar-refractivity contribution in [2.24, 2.45) is 0 Å². The van der Waals surface area contributed by atoms with Gasteiger partial charge in [-0.25, -0.2) is 0 Å². The third-order valence-electron chi connectivity index (χ3n) is 1.85. The molecule has 90 valence electrons. The van der Waals surface area contributed by atoms with Gasteiger partial charge in [0.05, 0.1) is 12.0 Å². The SMILES string of the molecule is COc1c(OC(C)=O)cc(C=O)cc1[N+](=O)[O-]. The van der Waals surface area contributed by atoms with Crippen molar-refractivity contribution in [3.8, 4) is 11.5 Å². The molecule has 7 heteroatoms. The van der Waals surface area contributed by atoms with Crippen LogP contribution in [0.15, 0.2) is 12.1 Å². The summed E-state index contributed by atoms with van der Waals surface area (Å²) in [7, 11) is 1.20. The van der Waals surface area contributed by atoms with Crippen LogP contribution in [0, 0.1) is 10.1 Å². The van der Waals surface area contributed by atoms with Crippen LogP contribution in [-0.4, -0.2) is 24.3 Å². The van der Waals surface area contributed by atoms with Gasteiger partial charge in [-0.15, -0.1) is 0 Å². The first kappa shape index (κ1) is 12.6. The topological polar surface area (TPSA) is 95.7 Å². The molecule has 0 spiro atoms. The maximum atomic E-state index is 10.8. The van der Waals surface area contributed by atoms with E-state index in [1.165, 1.54) is 13.2 Å². The van der Waals surface area contributed by atoms with Crippen molar-refractivity contribution in [2.45, 2.75) is 6.92 Å². The molecular weight excluding hydrogens is 230 g/mol. The number of methoxy groups -OCH3 is 1. The first-order valence-electron chi connectivity index (χ1n) is 4.49. The highest BCUT2D eigenvalue weighted by Crippen LogP contribution is 2.37. The molecule has 0 saturated carbocycles. The summed E-state index contributed by atoms with van der Waals surface area (Å²) < 4.78 is 9.55. The number of aldehydes is 1. The van der Waals surface area contributed by atoms with Crippen molar-refractivity contribution in [3.05, 3.63) is 27.8 Å². The number of ether oxygens (including phenoxy) is 2. The van der Waals surface area contributed by atoms with Gasteiger partial charge in [-0.3, -0.25) is 19.7 Å². The Hall–Kier alpha value is -2.44. The Balaban J connectivity index is 3.43. The molecule has 0 fully saturated rings. The highest BCUT2D eigenvalue weighted by Gasteiger charge is 2.22. The van der Waals surface area contributed by atoms with E-state index in [4.69, 9.17) is 9.47 Å².